The predicted molar refractivity (Wildman–Crippen MR) is 48.7 cm³/mol. The maximum atomic E-state index is 9.97. The van der Waals surface area contributed by atoms with Crippen molar-refractivity contribution in [3.05, 3.63) is 28.5 Å². The fourth-order valence-electron chi connectivity index (χ4n) is 0.696. The van der Waals surface area contributed by atoms with E-state index in [1.54, 1.807) is 6.07 Å². The number of pyridine rings is 1. The second-order valence-electron chi connectivity index (χ2n) is 2.03. The van der Waals surface area contributed by atoms with E-state index in [0.29, 0.717) is 16.6 Å². The number of halogens is 1. The number of aldehydes is 1. The molecule has 0 aliphatic heterocycles. The van der Waals surface area contributed by atoms with E-state index in [0.717, 1.165) is 0 Å². The van der Waals surface area contributed by atoms with Gasteiger partial charge in [-0.15, -0.1) is 0 Å². The number of aromatic hydroxyl groups is 1. The third-order valence-corrected chi connectivity index (χ3v) is 1.64. The highest BCUT2D eigenvalue weighted by Gasteiger charge is 1.98. The van der Waals surface area contributed by atoms with Crippen LogP contribution in [-0.4, -0.2) is 16.4 Å². The summed E-state index contributed by atoms with van der Waals surface area (Å²) in [5, 5.41) is 9.21. The van der Waals surface area contributed by atoms with Gasteiger partial charge in [-0.25, -0.2) is 4.98 Å². The minimum absolute atomic E-state index is 0.0521. The Balaban J connectivity index is 3.04. The standard InChI is InChI=1S/C8H6BrNO2/c9-8-4-3-7(12)6(10-8)2-1-5-11/h1-5,12H. The van der Waals surface area contributed by atoms with Gasteiger partial charge in [-0.05, 0) is 40.2 Å². The van der Waals surface area contributed by atoms with Crippen molar-refractivity contribution < 1.29 is 9.90 Å². The molecule has 0 atom stereocenters. The van der Waals surface area contributed by atoms with Gasteiger partial charge in [0.2, 0.25) is 0 Å². The normalized spacial score (nSPS) is 10.4. The number of carbonyl (C=O) groups excluding carboxylic acids is 1. The number of carbonyl (C=O) groups is 1. The molecular formula is C8H6BrNO2. The molecule has 0 radical (unpaired) electrons. The molecule has 1 aromatic heterocycles. The maximum Gasteiger partial charge on any atom is 0.142 e. The van der Waals surface area contributed by atoms with Crippen LogP contribution in [0.2, 0.25) is 0 Å². The summed E-state index contributed by atoms with van der Waals surface area (Å²) in [5.41, 5.74) is 0.372. The molecule has 1 aromatic rings. The monoisotopic (exact) mass is 227 g/mol. The largest absolute Gasteiger partial charge is 0.506 e. The third kappa shape index (κ3) is 2.17. The lowest BCUT2D eigenvalue weighted by atomic mass is 10.3. The molecule has 0 amide bonds. The highest BCUT2D eigenvalue weighted by Crippen LogP contribution is 2.18. The second kappa shape index (κ2) is 4.01. The van der Waals surface area contributed by atoms with Crippen molar-refractivity contribution in [1.82, 2.24) is 4.98 Å². The van der Waals surface area contributed by atoms with E-state index >= 15 is 0 Å². The van der Waals surface area contributed by atoms with Crippen LogP contribution in [0.1, 0.15) is 5.69 Å². The van der Waals surface area contributed by atoms with Gasteiger partial charge in [0, 0.05) is 0 Å². The van der Waals surface area contributed by atoms with Crippen molar-refractivity contribution in [3.8, 4) is 5.75 Å². The van der Waals surface area contributed by atoms with Gasteiger partial charge in [0.15, 0.2) is 0 Å². The molecule has 0 unspecified atom stereocenters. The van der Waals surface area contributed by atoms with Gasteiger partial charge in [0.1, 0.15) is 22.3 Å². The minimum atomic E-state index is 0.0521. The van der Waals surface area contributed by atoms with Crippen LogP contribution in [0.3, 0.4) is 0 Å². The fourth-order valence-corrected chi connectivity index (χ4v) is 1.02. The van der Waals surface area contributed by atoms with Crippen LogP contribution in [0.4, 0.5) is 0 Å². The van der Waals surface area contributed by atoms with Gasteiger partial charge in [-0.2, -0.15) is 0 Å². The first-order valence-corrected chi connectivity index (χ1v) is 4.00. The van der Waals surface area contributed by atoms with E-state index < -0.39 is 0 Å². The summed E-state index contributed by atoms with van der Waals surface area (Å²) in [6, 6.07) is 3.12. The molecule has 12 heavy (non-hydrogen) atoms. The first-order chi connectivity index (χ1) is 5.74. The fraction of sp³-hybridized carbons (Fsp3) is 0. The summed E-state index contributed by atoms with van der Waals surface area (Å²) in [6.07, 6.45) is 3.34. The highest BCUT2D eigenvalue weighted by molar-refractivity contribution is 9.10. The van der Waals surface area contributed by atoms with E-state index in [-0.39, 0.29) is 5.75 Å². The van der Waals surface area contributed by atoms with Crippen LogP contribution in [0.15, 0.2) is 22.8 Å². The molecular weight excluding hydrogens is 222 g/mol. The summed E-state index contributed by atoms with van der Waals surface area (Å²) < 4.78 is 0.617. The van der Waals surface area contributed by atoms with E-state index in [1.165, 1.54) is 18.2 Å². The van der Waals surface area contributed by atoms with Gasteiger partial charge in [0.05, 0.1) is 0 Å². The van der Waals surface area contributed by atoms with Gasteiger partial charge >= 0.3 is 0 Å². The summed E-state index contributed by atoms with van der Waals surface area (Å²) in [6.45, 7) is 0. The first kappa shape index (κ1) is 8.93. The average molecular weight is 228 g/mol. The molecule has 0 aromatic carbocycles. The summed E-state index contributed by atoms with van der Waals surface area (Å²) >= 11 is 3.14. The van der Waals surface area contributed by atoms with Crippen molar-refractivity contribution in [3.63, 3.8) is 0 Å². The van der Waals surface area contributed by atoms with E-state index in [2.05, 4.69) is 20.9 Å². The highest BCUT2D eigenvalue weighted by atomic mass is 79.9. The van der Waals surface area contributed by atoms with E-state index in [4.69, 9.17) is 0 Å². The summed E-state index contributed by atoms with van der Waals surface area (Å²) in [5.74, 6) is 0.0521. The topological polar surface area (TPSA) is 50.2 Å². The summed E-state index contributed by atoms with van der Waals surface area (Å²) in [4.78, 5) is 13.9. The van der Waals surface area contributed by atoms with Crippen LogP contribution in [0.5, 0.6) is 5.75 Å². The SMILES string of the molecule is O=CC=Cc1nc(Br)ccc1O. The molecule has 0 bridgehead atoms. The van der Waals surface area contributed by atoms with Crippen LogP contribution in [0, 0.1) is 0 Å². The molecule has 0 spiro atoms. The lowest BCUT2D eigenvalue weighted by Gasteiger charge is -1.96. The molecule has 1 rings (SSSR count). The number of nitrogens with zero attached hydrogens (tertiary/aromatic N) is 1. The molecule has 3 nitrogen and oxygen atoms in total. The molecule has 0 fully saturated rings. The Kier molecular flexibility index (Phi) is 2.99. The number of allylic oxidation sites excluding steroid dienone is 1. The smallest absolute Gasteiger partial charge is 0.142 e. The number of aromatic nitrogens is 1. The van der Waals surface area contributed by atoms with E-state index in [1.807, 2.05) is 0 Å². The van der Waals surface area contributed by atoms with Gasteiger partial charge in [-0.1, -0.05) is 0 Å². The predicted octanol–water partition coefficient (Wildman–Crippen LogP) is 1.76. The maximum absolute atomic E-state index is 9.97. The van der Waals surface area contributed by atoms with Crippen LogP contribution in [0.25, 0.3) is 6.08 Å². The van der Waals surface area contributed by atoms with Gasteiger partial charge in [-0.3, -0.25) is 4.79 Å². The Labute approximate surface area is 77.9 Å². The lowest BCUT2D eigenvalue weighted by molar-refractivity contribution is -0.104. The molecule has 0 saturated carbocycles. The number of hydrogen-bond donors (Lipinski definition) is 1. The van der Waals surface area contributed by atoms with Crippen LogP contribution >= 0.6 is 15.9 Å². The quantitative estimate of drug-likeness (QED) is 0.476. The minimum Gasteiger partial charge on any atom is -0.506 e. The summed E-state index contributed by atoms with van der Waals surface area (Å²) in [7, 11) is 0. The lowest BCUT2D eigenvalue weighted by Crippen LogP contribution is -1.82. The van der Waals surface area contributed by atoms with Crippen molar-refractivity contribution in [1.29, 1.82) is 0 Å². The number of rotatable bonds is 2. The molecule has 0 aliphatic rings. The second-order valence-corrected chi connectivity index (χ2v) is 2.85. The van der Waals surface area contributed by atoms with Gasteiger partial charge < -0.3 is 5.11 Å². The third-order valence-electron chi connectivity index (χ3n) is 1.20. The Morgan fingerprint density at radius 3 is 2.92 bits per heavy atom. The van der Waals surface area contributed by atoms with Crippen molar-refractivity contribution in [2.45, 2.75) is 0 Å². The molecule has 1 N–H and O–H groups in total. The van der Waals surface area contributed by atoms with Crippen molar-refractivity contribution in [2.24, 2.45) is 0 Å². The Morgan fingerprint density at radius 1 is 1.50 bits per heavy atom. The molecule has 0 aliphatic carbocycles. The Bertz CT molecular complexity index is 323. The van der Waals surface area contributed by atoms with E-state index in [9.17, 15) is 9.90 Å². The first-order valence-electron chi connectivity index (χ1n) is 3.21. The molecule has 0 saturated heterocycles. The molecule has 62 valence electrons. The van der Waals surface area contributed by atoms with Crippen molar-refractivity contribution >= 4 is 28.3 Å². The number of hydrogen-bond acceptors (Lipinski definition) is 3. The van der Waals surface area contributed by atoms with Crippen LogP contribution in [-0.2, 0) is 4.79 Å². The zero-order chi connectivity index (χ0) is 8.97. The van der Waals surface area contributed by atoms with Crippen molar-refractivity contribution in [2.75, 3.05) is 0 Å². The van der Waals surface area contributed by atoms with Crippen LogP contribution < -0.4 is 0 Å². The Morgan fingerprint density at radius 2 is 2.25 bits per heavy atom. The molecule has 1 heterocycles. The zero-order valence-corrected chi connectivity index (χ0v) is 7.65. The zero-order valence-electron chi connectivity index (χ0n) is 6.07. The van der Waals surface area contributed by atoms with Gasteiger partial charge in [0.25, 0.3) is 0 Å². The average Bonchev–Trinajstić information content (AvgIpc) is 2.07. The Hall–Kier alpha value is -1.16. The molecule has 4 heteroatoms.